The largest absolute Gasteiger partial charge is 0.298 e. The summed E-state index contributed by atoms with van der Waals surface area (Å²) in [6, 6.07) is 22.7. The second-order valence-corrected chi connectivity index (χ2v) is 8.67. The number of rotatable bonds is 2. The summed E-state index contributed by atoms with van der Waals surface area (Å²) < 4.78 is 0. The number of hydrazone groups is 1. The zero-order valence-electron chi connectivity index (χ0n) is 17.4. The smallest absolute Gasteiger partial charge is 0.180 e. The van der Waals surface area contributed by atoms with Crippen LogP contribution in [0.4, 0.5) is 0 Å². The Labute approximate surface area is 185 Å². The molecule has 2 heterocycles. The molecule has 0 saturated carbocycles. The fourth-order valence-electron chi connectivity index (χ4n) is 5.96. The van der Waals surface area contributed by atoms with E-state index < -0.39 is 23.4 Å². The molecule has 3 aliphatic rings. The fraction of sp³-hybridized carbons (Fsp3) is 0.185. The van der Waals surface area contributed by atoms with Crippen LogP contribution in [0.25, 0.3) is 0 Å². The van der Waals surface area contributed by atoms with Crippen molar-refractivity contribution in [2.24, 2.45) is 10.5 Å². The number of fused-ring (bicyclic) bond motifs is 5. The highest BCUT2D eigenvalue weighted by atomic mass is 16.2. The monoisotopic (exact) mass is 420 g/mol. The fourth-order valence-corrected chi connectivity index (χ4v) is 5.96. The van der Waals surface area contributed by atoms with Crippen LogP contribution in [-0.4, -0.2) is 34.6 Å². The predicted octanol–water partition coefficient (Wildman–Crippen LogP) is 4.20. The third-order valence-electron chi connectivity index (χ3n) is 7.15. The highest BCUT2D eigenvalue weighted by Crippen LogP contribution is 2.64. The van der Waals surface area contributed by atoms with E-state index in [0.29, 0.717) is 11.1 Å². The van der Waals surface area contributed by atoms with E-state index in [-0.39, 0.29) is 17.3 Å². The van der Waals surface area contributed by atoms with Gasteiger partial charge in [0, 0.05) is 17.0 Å². The van der Waals surface area contributed by atoms with Crippen molar-refractivity contribution in [1.82, 2.24) is 5.01 Å². The van der Waals surface area contributed by atoms with Crippen molar-refractivity contribution in [1.29, 1.82) is 0 Å². The molecule has 0 radical (unpaired) electrons. The molecule has 32 heavy (non-hydrogen) atoms. The Hall–Kier alpha value is -3.86. The van der Waals surface area contributed by atoms with Gasteiger partial charge in [0.2, 0.25) is 0 Å². The van der Waals surface area contributed by atoms with E-state index in [4.69, 9.17) is 0 Å². The molecule has 1 saturated heterocycles. The van der Waals surface area contributed by atoms with Gasteiger partial charge in [0.1, 0.15) is 11.5 Å². The summed E-state index contributed by atoms with van der Waals surface area (Å²) in [6.45, 7) is 1.52. The summed E-state index contributed by atoms with van der Waals surface area (Å²) in [6.07, 6.45) is 1.72. The molecule has 1 aliphatic carbocycles. The molecule has 0 amide bonds. The summed E-state index contributed by atoms with van der Waals surface area (Å²) in [5.41, 5.74) is 1.89. The second-order valence-electron chi connectivity index (χ2n) is 8.67. The van der Waals surface area contributed by atoms with Gasteiger partial charge in [-0.15, -0.1) is 0 Å². The molecule has 6 rings (SSSR count). The molecule has 3 aromatic carbocycles. The standard InChI is InChI=1S/C27H20N2O3/c1-16(30)23-22(17-9-3-2-4-10-17)27(25(31)20-13-7-8-14-21(20)26(27)32)24-19-12-6-5-11-18(19)15-28-29(23)24/h2-15,22-24H,1H3/t22-,23+,24+/m0/s1. The molecule has 5 heteroatoms. The lowest BCUT2D eigenvalue weighted by molar-refractivity contribution is -0.122. The van der Waals surface area contributed by atoms with Crippen LogP contribution in [0, 0.1) is 5.41 Å². The first-order chi connectivity index (χ1) is 15.6. The molecule has 0 bridgehead atoms. The molecule has 1 fully saturated rings. The number of hydrogen-bond acceptors (Lipinski definition) is 5. The number of ketones is 3. The van der Waals surface area contributed by atoms with Crippen LogP contribution in [0.2, 0.25) is 0 Å². The average Bonchev–Trinajstić information content (AvgIpc) is 3.26. The maximum atomic E-state index is 14.2. The Bertz CT molecular complexity index is 1290. The molecule has 3 aromatic rings. The third-order valence-corrected chi connectivity index (χ3v) is 7.15. The van der Waals surface area contributed by atoms with Gasteiger partial charge in [0.15, 0.2) is 17.3 Å². The lowest BCUT2D eigenvalue weighted by atomic mass is 9.63. The number of hydrogen-bond donors (Lipinski definition) is 0. The zero-order valence-corrected chi connectivity index (χ0v) is 17.4. The number of benzene rings is 3. The molecule has 0 aromatic heterocycles. The van der Waals surface area contributed by atoms with Gasteiger partial charge in [-0.05, 0) is 23.6 Å². The van der Waals surface area contributed by atoms with Crippen LogP contribution in [0.5, 0.6) is 0 Å². The summed E-state index contributed by atoms with van der Waals surface area (Å²) in [7, 11) is 0. The van der Waals surface area contributed by atoms with Crippen molar-refractivity contribution in [3.05, 3.63) is 107 Å². The van der Waals surface area contributed by atoms with Gasteiger partial charge >= 0.3 is 0 Å². The minimum atomic E-state index is -1.46. The summed E-state index contributed by atoms with van der Waals surface area (Å²) in [4.78, 5) is 41.6. The van der Waals surface area contributed by atoms with E-state index in [0.717, 1.165) is 16.7 Å². The van der Waals surface area contributed by atoms with Gasteiger partial charge in [-0.2, -0.15) is 5.10 Å². The van der Waals surface area contributed by atoms with E-state index >= 15 is 0 Å². The van der Waals surface area contributed by atoms with Crippen molar-refractivity contribution in [3.63, 3.8) is 0 Å². The normalized spacial score (nSPS) is 24.4. The highest BCUT2D eigenvalue weighted by Gasteiger charge is 2.72. The Morgan fingerprint density at radius 1 is 0.844 bits per heavy atom. The summed E-state index contributed by atoms with van der Waals surface area (Å²) in [5.74, 6) is -1.22. The molecule has 2 aliphatic heterocycles. The first-order valence-electron chi connectivity index (χ1n) is 10.7. The molecular weight excluding hydrogens is 400 g/mol. The van der Waals surface area contributed by atoms with Crippen molar-refractivity contribution in [2.45, 2.75) is 24.9 Å². The Morgan fingerprint density at radius 2 is 1.44 bits per heavy atom. The summed E-state index contributed by atoms with van der Waals surface area (Å²) >= 11 is 0. The topological polar surface area (TPSA) is 66.8 Å². The summed E-state index contributed by atoms with van der Waals surface area (Å²) in [5, 5.41) is 6.36. The highest BCUT2D eigenvalue weighted by molar-refractivity contribution is 6.31. The van der Waals surface area contributed by atoms with Crippen LogP contribution in [0.1, 0.15) is 56.3 Å². The van der Waals surface area contributed by atoms with E-state index in [9.17, 15) is 14.4 Å². The number of carbonyl (C=O) groups is 3. The van der Waals surface area contributed by atoms with Gasteiger partial charge < -0.3 is 0 Å². The van der Waals surface area contributed by atoms with Crippen LogP contribution < -0.4 is 0 Å². The number of Topliss-reactive ketones (excluding diaryl/α,β-unsaturated/α-hetero) is 3. The molecular formula is C27H20N2O3. The lowest BCUT2D eigenvalue weighted by Crippen LogP contribution is -2.43. The quantitative estimate of drug-likeness (QED) is 0.583. The molecule has 0 unspecified atom stereocenters. The van der Waals surface area contributed by atoms with Crippen molar-refractivity contribution < 1.29 is 14.4 Å². The first kappa shape index (κ1) is 18.9. The SMILES string of the molecule is CC(=O)[C@@H]1[C@H](c2ccccc2)C2(C(=O)c3ccccc3C2=O)[C@H]2c3ccccc3C=NN12. The molecule has 1 spiro atoms. The van der Waals surface area contributed by atoms with Crippen LogP contribution in [0.15, 0.2) is 84.0 Å². The molecule has 156 valence electrons. The van der Waals surface area contributed by atoms with E-state index in [1.165, 1.54) is 6.92 Å². The van der Waals surface area contributed by atoms with Gasteiger partial charge in [0.05, 0.1) is 12.3 Å². The Kier molecular flexibility index (Phi) is 3.87. The van der Waals surface area contributed by atoms with Crippen LogP contribution >= 0.6 is 0 Å². The Balaban J connectivity index is 1.72. The lowest BCUT2D eigenvalue weighted by Gasteiger charge is -2.36. The molecule has 5 nitrogen and oxygen atoms in total. The van der Waals surface area contributed by atoms with Crippen LogP contribution in [-0.2, 0) is 4.79 Å². The minimum Gasteiger partial charge on any atom is -0.298 e. The van der Waals surface area contributed by atoms with Crippen LogP contribution in [0.3, 0.4) is 0 Å². The maximum absolute atomic E-state index is 14.2. The van der Waals surface area contributed by atoms with Crippen molar-refractivity contribution in [3.8, 4) is 0 Å². The van der Waals surface area contributed by atoms with Gasteiger partial charge in [-0.1, -0.05) is 78.9 Å². The average molecular weight is 420 g/mol. The van der Waals surface area contributed by atoms with Crippen molar-refractivity contribution in [2.75, 3.05) is 0 Å². The second kappa shape index (κ2) is 6.57. The maximum Gasteiger partial charge on any atom is 0.180 e. The van der Waals surface area contributed by atoms with Crippen molar-refractivity contribution >= 4 is 23.6 Å². The predicted molar refractivity (Wildman–Crippen MR) is 120 cm³/mol. The molecule has 0 N–H and O–H groups in total. The van der Waals surface area contributed by atoms with Gasteiger partial charge in [-0.25, -0.2) is 0 Å². The van der Waals surface area contributed by atoms with E-state index in [2.05, 4.69) is 5.10 Å². The Morgan fingerprint density at radius 3 is 2.09 bits per heavy atom. The molecule has 3 atom stereocenters. The van der Waals surface area contributed by atoms with Gasteiger partial charge in [0.25, 0.3) is 0 Å². The van der Waals surface area contributed by atoms with E-state index in [1.54, 1.807) is 35.5 Å². The minimum absolute atomic E-state index is 0.117. The zero-order chi connectivity index (χ0) is 22.0. The first-order valence-corrected chi connectivity index (χ1v) is 10.7. The number of carbonyl (C=O) groups excluding carboxylic acids is 3. The van der Waals surface area contributed by atoms with E-state index in [1.807, 2.05) is 54.6 Å². The third kappa shape index (κ3) is 2.18. The number of nitrogens with zero attached hydrogens (tertiary/aromatic N) is 2. The van der Waals surface area contributed by atoms with Gasteiger partial charge in [-0.3, -0.25) is 19.4 Å².